The van der Waals surface area contributed by atoms with Gasteiger partial charge in [0.05, 0.1) is 31.4 Å². The highest BCUT2D eigenvalue weighted by Gasteiger charge is 2.58. The van der Waals surface area contributed by atoms with E-state index in [4.69, 9.17) is 14.2 Å². The van der Waals surface area contributed by atoms with Gasteiger partial charge in [-0.1, -0.05) is 13.0 Å². The lowest BCUT2D eigenvalue weighted by molar-refractivity contribution is -0.120. The highest BCUT2D eigenvalue weighted by Crippen LogP contribution is 2.59. The van der Waals surface area contributed by atoms with Crippen molar-refractivity contribution in [1.82, 2.24) is 9.80 Å². The fourth-order valence-corrected chi connectivity index (χ4v) is 7.82. The van der Waals surface area contributed by atoms with Crippen molar-refractivity contribution in [2.24, 2.45) is 0 Å². The Kier molecular flexibility index (Phi) is 5.31. The lowest BCUT2D eigenvalue weighted by Gasteiger charge is -2.61. The second-order valence-corrected chi connectivity index (χ2v) is 10.8. The number of ether oxygens (including phenoxy) is 3. The maximum absolute atomic E-state index is 12.2. The second kappa shape index (κ2) is 8.11. The molecule has 7 heteroatoms. The summed E-state index contributed by atoms with van der Waals surface area (Å²) in [5.41, 5.74) is 8.74. The third-order valence-electron chi connectivity index (χ3n) is 9.37. The Morgan fingerprint density at radius 3 is 2.47 bits per heavy atom. The quantitative estimate of drug-likeness (QED) is 0.673. The number of aliphatic hydroxyl groups is 1. The minimum absolute atomic E-state index is 0.0236. The van der Waals surface area contributed by atoms with Gasteiger partial charge in [-0.3, -0.25) is 9.80 Å². The van der Waals surface area contributed by atoms with E-state index >= 15 is 0 Å². The minimum atomic E-state index is -0.780. The highest BCUT2D eigenvalue weighted by molar-refractivity contribution is 5.64. The van der Waals surface area contributed by atoms with Crippen LogP contribution in [0.5, 0.6) is 17.2 Å². The molecule has 1 saturated heterocycles. The molecular formula is C29H35N3O4. The maximum Gasteiger partial charge on any atom is 0.231 e. The molecule has 2 aromatic rings. The van der Waals surface area contributed by atoms with Crippen LogP contribution in [0.15, 0.2) is 6.07 Å². The Hall–Kier alpha value is -2.79. The van der Waals surface area contributed by atoms with Gasteiger partial charge in [0.15, 0.2) is 11.5 Å². The van der Waals surface area contributed by atoms with Gasteiger partial charge in [0, 0.05) is 17.6 Å². The largest absolute Gasteiger partial charge is 0.496 e. The number of piperazine rings is 1. The zero-order valence-corrected chi connectivity index (χ0v) is 22.2. The SMILES string of the molecule is CC[C@H]1c2c3c(c(C)c(C)c2[C@@H](O)[C@@H]2C4c5c(cc(C)c(OC)c5C)CC([C@H](C#N)N12)N4C)OCO3. The summed E-state index contributed by atoms with van der Waals surface area (Å²) in [6, 6.07) is 4.14. The molecule has 1 fully saturated rings. The van der Waals surface area contributed by atoms with E-state index in [0.717, 1.165) is 63.5 Å². The minimum Gasteiger partial charge on any atom is -0.496 e. The molecule has 2 aromatic carbocycles. The van der Waals surface area contributed by atoms with E-state index in [1.54, 1.807) is 7.11 Å². The molecule has 4 aliphatic heterocycles. The Morgan fingerprint density at radius 1 is 1.08 bits per heavy atom. The van der Waals surface area contributed by atoms with Gasteiger partial charge in [-0.15, -0.1) is 0 Å². The summed E-state index contributed by atoms with van der Waals surface area (Å²) in [7, 11) is 3.84. The summed E-state index contributed by atoms with van der Waals surface area (Å²) in [6.45, 7) is 10.7. The molecule has 6 atom stereocenters. The molecule has 2 bridgehead atoms. The molecule has 0 radical (unpaired) electrons. The average Bonchev–Trinajstić information content (AvgIpc) is 3.33. The molecule has 0 spiro atoms. The Bertz CT molecular complexity index is 1320. The van der Waals surface area contributed by atoms with E-state index in [-0.39, 0.29) is 37.0 Å². The number of hydrogen-bond acceptors (Lipinski definition) is 7. The van der Waals surface area contributed by atoms with E-state index in [1.165, 1.54) is 11.1 Å². The summed E-state index contributed by atoms with van der Waals surface area (Å²) in [5.74, 6) is 2.43. The van der Waals surface area contributed by atoms with Crippen molar-refractivity contribution >= 4 is 0 Å². The van der Waals surface area contributed by atoms with E-state index in [1.807, 2.05) is 6.92 Å². The van der Waals surface area contributed by atoms with Crippen LogP contribution >= 0.6 is 0 Å². The van der Waals surface area contributed by atoms with Gasteiger partial charge in [-0.25, -0.2) is 0 Å². The summed E-state index contributed by atoms with van der Waals surface area (Å²) >= 11 is 0. The van der Waals surface area contributed by atoms with Gasteiger partial charge in [0.25, 0.3) is 0 Å². The monoisotopic (exact) mass is 489 g/mol. The van der Waals surface area contributed by atoms with Crippen LogP contribution in [0, 0.1) is 39.0 Å². The predicted molar refractivity (Wildman–Crippen MR) is 136 cm³/mol. The average molecular weight is 490 g/mol. The van der Waals surface area contributed by atoms with Crippen LogP contribution in [0.1, 0.15) is 76.0 Å². The normalized spacial score (nSPS) is 30.3. The number of likely N-dealkylation sites (N-methyl/N-ethyl adjacent to an activating group) is 1. The topological polar surface area (TPSA) is 78.2 Å². The van der Waals surface area contributed by atoms with Crippen LogP contribution in [-0.2, 0) is 6.42 Å². The molecule has 1 N–H and O–H groups in total. The molecule has 0 aromatic heterocycles. The van der Waals surface area contributed by atoms with Crippen molar-refractivity contribution in [2.45, 2.75) is 83.8 Å². The van der Waals surface area contributed by atoms with Gasteiger partial charge in [-0.05, 0) is 86.5 Å². The van der Waals surface area contributed by atoms with Crippen molar-refractivity contribution in [3.63, 3.8) is 0 Å². The van der Waals surface area contributed by atoms with Gasteiger partial charge in [-0.2, -0.15) is 5.26 Å². The number of hydrogen-bond donors (Lipinski definition) is 1. The van der Waals surface area contributed by atoms with Crippen LogP contribution in [0.3, 0.4) is 0 Å². The Labute approximate surface area is 213 Å². The first-order chi connectivity index (χ1) is 17.3. The fourth-order valence-electron chi connectivity index (χ4n) is 7.82. The standard InChI is InChI=1S/C29H35N3O4/c1-8-18-23-22(14(3)15(4)28-29(23)36-12-35-28)26(33)25-24-21-16(5)27(34-7)13(2)9-17(21)10-19(31(24)6)20(11-30)32(18)25/h9,18-20,24-26,33H,8,10,12H2,1-7H3/t18-,19?,20-,24?,25-,26+/m0/s1. The fraction of sp³-hybridized carbons (Fsp3) is 0.552. The number of fused-ring (bicyclic) bond motifs is 9. The zero-order valence-electron chi connectivity index (χ0n) is 22.2. The molecule has 36 heavy (non-hydrogen) atoms. The predicted octanol–water partition coefficient (Wildman–Crippen LogP) is 4.33. The van der Waals surface area contributed by atoms with Crippen molar-refractivity contribution in [2.75, 3.05) is 21.0 Å². The third kappa shape index (κ3) is 2.78. The lowest BCUT2D eigenvalue weighted by atomic mass is 9.69. The highest BCUT2D eigenvalue weighted by atomic mass is 16.7. The third-order valence-corrected chi connectivity index (χ3v) is 9.37. The van der Waals surface area contributed by atoms with Crippen LogP contribution in [0.25, 0.3) is 0 Å². The summed E-state index contributed by atoms with van der Waals surface area (Å²) in [5, 5.41) is 22.8. The maximum atomic E-state index is 12.2. The van der Waals surface area contributed by atoms with E-state index in [2.05, 4.69) is 56.7 Å². The Morgan fingerprint density at radius 2 is 1.81 bits per heavy atom. The zero-order chi connectivity index (χ0) is 25.6. The molecule has 0 saturated carbocycles. The smallest absolute Gasteiger partial charge is 0.231 e. The summed E-state index contributed by atoms with van der Waals surface area (Å²) in [4.78, 5) is 4.66. The van der Waals surface area contributed by atoms with Gasteiger partial charge < -0.3 is 19.3 Å². The molecule has 0 aliphatic carbocycles. The molecule has 6 rings (SSSR count). The van der Waals surface area contributed by atoms with Crippen LogP contribution in [0.4, 0.5) is 0 Å². The number of nitrogens with zero attached hydrogens (tertiary/aromatic N) is 3. The van der Waals surface area contributed by atoms with Crippen molar-refractivity contribution in [3.8, 4) is 23.3 Å². The first kappa shape index (κ1) is 23.6. The Balaban J connectivity index is 1.65. The lowest BCUT2D eigenvalue weighted by Crippen LogP contribution is -2.69. The summed E-state index contributed by atoms with van der Waals surface area (Å²) < 4.78 is 17.7. The van der Waals surface area contributed by atoms with Crippen LogP contribution in [0.2, 0.25) is 0 Å². The number of aliphatic hydroxyl groups excluding tert-OH is 1. The molecule has 4 aliphatic rings. The van der Waals surface area contributed by atoms with Gasteiger partial charge >= 0.3 is 0 Å². The molecule has 190 valence electrons. The summed E-state index contributed by atoms with van der Waals surface area (Å²) in [6.07, 6.45) is 0.816. The van der Waals surface area contributed by atoms with Crippen molar-refractivity contribution in [1.29, 1.82) is 5.26 Å². The molecule has 7 nitrogen and oxygen atoms in total. The first-order valence-electron chi connectivity index (χ1n) is 12.9. The molecular weight excluding hydrogens is 454 g/mol. The van der Waals surface area contributed by atoms with E-state index < -0.39 is 6.10 Å². The van der Waals surface area contributed by atoms with Crippen LogP contribution < -0.4 is 14.2 Å². The van der Waals surface area contributed by atoms with Crippen molar-refractivity contribution in [3.05, 3.63) is 50.6 Å². The van der Waals surface area contributed by atoms with Gasteiger partial charge in [0.2, 0.25) is 6.79 Å². The number of rotatable bonds is 2. The first-order valence-corrected chi connectivity index (χ1v) is 12.9. The van der Waals surface area contributed by atoms with Crippen LogP contribution in [-0.4, -0.2) is 54.0 Å². The van der Waals surface area contributed by atoms with Crippen molar-refractivity contribution < 1.29 is 19.3 Å². The molecule has 2 unspecified atom stereocenters. The van der Waals surface area contributed by atoms with E-state index in [0.29, 0.717) is 0 Å². The number of aryl methyl sites for hydroxylation is 1. The van der Waals surface area contributed by atoms with E-state index in [9.17, 15) is 10.4 Å². The van der Waals surface area contributed by atoms with Gasteiger partial charge in [0.1, 0.15) is 11.8 Å². The number of methoxy groups -OCH3 is 1. The second-order valence-electron chi connectivity index (χ2n) is 10.8. The molecule has 0 amide bonds. The molecule has 4 heterocycles. The number of nitriles is 1. The number of benzene rings is 2.